The fourth-order valence-electron chi connectivity index (χ4n) is 11.8. The largest absolute Gasteiger partial charge is 0.493 e. The van der Waals surface area contributed by atoms with Gasteiger partial charge in [0.2, 0.25) is 11.8 Å². The van der Waals surface area contributed by atoms with E-state index in [0.29, 0.717) is 83.1 Å². The number of methoxy groups -OCH3 is 1. The first kappa shape index (κ1) is 55.7. The number of rotatable bonds is 22. The maximum Gasteiger partial charge on any atom is 0.260 e. The number of fused-ring (bicyclic) bond motifs is 8. The Kier molecular flexibility index (Phi) is 16.5. The summed E-state index contributed by atoms with van der Waals surface area (Å²) in [5.41, 5.74) is 9.65. The topological polar surface area (TPSA) is 201 Å². The molecule has 5 aliphatic heterocycles. The van der Waals surface area contributed by atoms with Crippen molar-refractivity contribution in [3.63, 3.8) is 0 Å². The van der Waals surface area contributed by atoms with Crippen molar-refractivity contribution in [1.82, 2.24) is 10.2 Å². The lowest BCUT2D eigenvalue weighted by molar-refractivity contribution is -0.137. The normalized spacial score (nSPS) is 17.5. The Hall–Kier alpha value is -8.60. The van der Waals surface area contributed by atoms with Crippen LogP contribution in [-0.4, -0.2) is 97.3 Å². The molecule has 0 bridgehead atoms. The zero-order valence-corrected chi connectivity index (χ0v) is 46.5. The summed E-state index contributed by atoms with van der Waals surface area (Å²) in [6, 6.07) is 28.3. The van der Waals surface area contributed by atoms with Gasteiger partial charge in [0.1, 0.15) is 24.7 Å². The Morgan fingerprint density at radius 1 is 0.667 bits per heavy atom. The van der Waals surface area contributed by atoms with Crippen LogP contribution in [0.2, 0.25) is 0 Å². The van der Waals surface area contributed by atoms with Crippen molar-refractivity contribution in [2.45, 2.75) is 123 Å². The first-order valence-electron chi connectivity index (χ1n) is 28.0. The number of carbonyl (C=O) groups is 8. The van der Waals surface area contributed by atoms with Gasteiger partial charge in [0.05, 0.1) is 30.4 Å². The highest BCUT2D eigenvalue weighted by molar-refractivity contribution is 6.14. The minimum Gasteiger partial charge on any atom is -0.493 e. The summed E-state index contributed by atoms with van der Waals surface area (Å²) in [5.74, 6) is -1.32. The Balaban J connectivity index is 0.802. The average molecular weight is 1100 g/mol. The highest BCUT2D eigenvalue weighted by atomic mass is 16.5. The maximum absolute atomic E-state index is 14.3. The third-order valence-electron chi connectivity index (χ3n) is 16.1. The fraction of sp³-hybridized carbons (Fsp3) is 0.375. The second kappa shape index (κ2) is 24.0. The van der Waals surface area contributed by atoms with Gasteiger partial charge in [-0.2, -0.15) is 0 Å². The van der Waals surface area contributed by atoms with Gasteiger partial charge in [-0.05, 0) is 141 Å². The fourth-order valence-corrected chi connectivity index (χ4v) is 11.8. The van der Waals surface area contributed by atoms with Crippen molar-refractivity contribution in [2.24, 2.45) is 5.92 Å². The lowest BCUT2D eigenvalue weighted by Gasteiger charge is -2.25. The standard InChI is InChI=1S/C64H68N6O11/c1-38-25-50-43(20-21-47-30-44-13-6-9-17-52(44)69(47)63(50)77)32-56(38)80-36-41-27-42(37-81-58-34-54-51(33-57(58)79-5)64(78)70-48(35-67(54)4)31-45-14-7-10-18-53(45)70)29-46(28-41)66-62(76)39(2)26-55(72)40(3)65-59(73)19-11-8-15-49(71)16-12-24-68-60(74)22-23-61(68)75/h6-7,9-10,13-14,17-18,22-23,25,27-29,32-34,39-40,47-48H,8,11-12,15-16,19-21,24,26,30-31,35-37H2,1-5H3,(H,65,73)(H,66,76)/t39-,40+,47-,48+/m1/s1. The van der Waals surface area contributed by atoms with Gasteiger partial charge in [-0.3, -0.25) is 43.3 Å². The van der Waals surface area contributed by atoms with Crippen molar-refractivity contribution in [2.75, 3.05) is 47.3 Å². The molecule has 5 aromatic rings. The van der Waals surface area contributed by atoms with Crippen molar-refractivity contribution in [1.29, 1.82) is 0 Å². The number of Topliss-reactive ketones (excluding diaryl/α,β-unsaturated/α-hetero) is 2. The van der Waals surface area contributed by atoms with Crippen molar-refractivity contribution < 1.29 is 52.6 Å². The number of carbonyl (C=O) groups excluding carboxylic acids is 8. The summed E-state index contributed by atoms with van der Waals surface area (Å²) in [4.78, 5) is 112. The number of amides is 6. The molecular weight excluding hydrogens is 1030 g/mol. The van der Waals surface area contributed by atoms with E-state index in [4.69, 9.17) is 14.2 Å². The van der Waals surface area contributed by atoms with Gasteiger partial charge < -0.3 is 39.5 Å². The van der Waals surface area contributed by atoms with Gasteiger partial charge in [0.15, 0.2) is 17.3 Å². The molecule has 0 aromatic heterocycles. The molecule has 17 nitrogen and oxygen atoms in total. The lowest BCUT2D eigenvalue weighted by atomic mass is 9.98. The molecule has 0 saturated heterocycles. The number of ketones is 2. The average Bonchev–Trinajstić information content (AvgIpc) is 4.32. The summed E-state index contributed by atoms with van der Waals surface area (Å²) in [6.07, 6.45) is 7.23. The molecule has 420 valence electrons. The van der Waals surface area contributed by atoms with Crippen LogP contribution in [0.1, 0.15) is 119 Å². The molecule has 2 N–H and O–H groups in total. The number of nitrogens with one attached hydrogen (secondary N) is 2. The number of nitrogens with zero attached hydrogens (tertiary/aromatic N) is 4. The summed E-state index contributed by atoms with van der Waals surface area (Å²) in [7, 11) is 3.50. The van der Waals surface area contributed by atoms with Crippen molar-refractivity contribution in [3.05, 3.63) is 148 Å². The van der Waals surface area contributed by atoms with Gasteiger partial charge in [-0.25, -0.2) is 0 Å². The monoisotopic (exact) mass is 1100 g/mol. The van der Waals surface area contributed by atoms with E-state index in [1.165, 1.54) is 24.8 Å². The van der Waals surface area contributed by atoms with Crippen LogP contribution in [0, 0.1) is 12.8 Å². The quantitative estimate of drug-likeness (QED) is 0.0495. The number of hydrogen-bond donors (Lipinski definition) is 2. The number of para-hydroxylation sites is 2. The number of ether oxygens (including phenoxy) is 3. The van der Waals surface area contributed by atoms with Crippen molar-refractivity contribution in [3.8, 4) is 17.2 Å². The van der Waals surface area contributed by atoms with E-state index in [2.05, 4.69) is 27.7 Å². The van der Waals surface area contributed by atoms with Crippen LogP contribution in [0.3, 0.4) is 0 Å². The molecule has 6 amide bonds. The van der Waals surface area contributed by atoms with Gasteiger partial charge in [0.25, 0.3) is 23.6 Å². The summed E-state index contributed by atoms with van der Waals surface area (Å²) in [6.45, 7) is 6.09. The highest BCUT2D eigenvalue weighted by Gasteiger charge is 2.40. The smallest absolute Gasteiger partial charge is 0.260 e. The number of benzene rings is 5. The first-order valence-corrected chi connectivity index (χ1v) is 28.0. The van der Waals surface area contributed by atoms with Crippen LogP contribution in [0.5, 0.6) is 17.2 Å². The molecule has 0 fully saturated rings. The molecule has 0 saturated carbocycles. The van der Waals surface area contributed by atoms with Crippen LogP contribution < -0.4 is 39.5 Å². The lowest BCUT2D eigenvalue weighted by Crippen LogP contribution is -2.41. The zero-order valence-electron chi connectivity index (χ0n) is 46.5. The summed E-state index contributed by atoms with van der Waals surface area (Å²) >= 11 is 0. The van der Waals surface area contributed by atoms with Crippen LogP contribution in [0.25, 0.3) is 0 Å². The van der Waals surface area contributed by atoms with Crippen LogP contribution in [-0.2, 0) is 61.2 Å². The maximum atomic E-state index is 14.3. The molecular formula is C64H68N6O11. The zero-order chi connectivity index (χ0) is 57.1. The molecule has 5 aromatic carbocycles. The van der Waals surface area contributed by atoms with E-state index in [-0.39, 0.29) is 98.6 Å². The van der Waals surface area contributed by atoms with Gasteiger partial charge >= 0.3 is 0 Å². The Morgan fingerprint density at radius 2 is 1.28 bits per heavy atom. The first-order chi connectivity index (χ1) is 39.0. The summed E-state index contributed by atoms with van der Waals surface area (Å²) in [5, 5.41) is 5.74. The number of likely N-dealkylation sites (N-methyl/N-ethyl adjacent to an activating group) is 1. The number of hydrogen-bond acceptors (Lipinski definition) is 12. The molecule has 17 heteroatoms. The predicted molar refractivity (Wildman–Crippen MR) is 306 cm³/mol. The minimum absolute atomic E-state index is 0.00954. The molecule has 5 aliphatic rings. The number of aryl methyl sites for hydroxylation is 2. The minimum atomic E-state index is -0.857. The number of anilines is 4. The molecule has 0 radical (unpaired) electrons. The summed E-state index contributed by atoms with van der Waals surface area (Å²) < 4.78 is 19.0. The van der Waals surface area contributed by atoms with E-state index in [0.717, 1.165) is 52.2 Å². The van der Waals surface area contributed by atoms with E-state index >= 15 is 0 Å². The number of unbranched alkanes of at least 4 members (excludes halogenated alkanes) is 1. The van der Waals surface area contributed by atoms with Gasteiger partial charge in [-0.1, -0.05) is 43.3 Å². The molecule has 0 unspecified atom stereocenters. The Morgan fingerprint density at radius 3 is 1.98 bits per heavy atom. The Labute approximate surface area is 471 Å². The second-order valence-corrected chi connectivity index (χ2v) is 22.0. The third kappa shape index (κ3) is 12.1. The van der Waals surface area contributed by atoms with Gasteiger partial charge in [-0.15, -0.1) is 0 Å². The van der Waals surface area contributed by atoms with Gasteiger partial charge in [0, 0.05) is 98.6 Å². The Bertz CT molecular complexity index is 3370. The van der Waals surface area contributed by atoms with E-state index in [1.807, 2.05) is 90.5 Å². The van der Waals surface area contributed by atoms with Crippen LogP contribution in [0.4, 0.5) is 22.7 Å². The second-order valence-electron chi connectivity index (χ2n) is 22.0. The molecule has 10 rings (SSSR count). The highest BCUT2D eigenvalue weighted by Crippen LogP contribution is 2.43. The van der Waals surface area contributed by atoms with Crippen molar-refractivity contribution >= 4 is 69.8 Å². The molecule has 4 atom stereocenters. The van der Waals surface area contributed by atoms with Crippen LogP contribution >= 0.6 is 0 Å². The van der Waals surface area contributed by atoms with E-state index in [1.54, 1.807) is 26.0 Å². The van der Waals surface area contributed by atoms with E-state index in [9.17, 15) is 38.4 Å². The predicted octanol–water partition coefficient (Wildman–Crippen LogP) is 8.57. The SMILES string of the molecule is COc1cc2c(cc1OCc1cc(COc3cc4c(cc3C)C(=O)N3c5ccccc5C[C@H]3CC4)cc(NC(=O)[C@H](C)CC(=O)[C@H](C)NC(=O)CCCCC(=O)CCCN3C(=O)C=CC3=O)c1)N(C)C[C@@H]1Cc3ccccc3N1C2=O. The molecule has 0 aliphatic carbocycles. The molecule has 0 spiro atoms. The van der Waals surface area contributed by atoms with Crippen LogP contribution in [0.15, 0.2) is 103 Å². The van der Waals surface area contributed by atoms with E-state index < -0.39 is 17.9 Å². The third-order valence-corrected chi connectivity index (χ3v) is 16.1. The number of imide groups is 1. The molecule has 81 heavy (non-hydrogen) atoms. The molecule has 5 heterocycles.